The van der Waals surface area contributed by atoms with Crippen LogP contribution in [0.2, 0.25) is 0 Å². The summed E-state index contributed by atoms with van der Waals surface area (Å²) in [6.07, 6.45) is 0. The summed E-state index contributed by atoms with van der Waals surface area (Å²) in [4.78, 5) is 12.2. The van der Waals surface area contributed by atoms with E-state index in [1.807, 2.05) is 19.1 Å². The van der Waals surface area contributed by atoms with E-state index in [4.69, 9.17) is 0 Å². The molecule has 98 valence electrons. The highest BCUT2D eigenvalue weighted by molar-refractivity contribution is 9.10. The fraction of sp³-hybridized carbons (Fsp3) is 0.133. The summed E-state index contributed by atoms with van der Waals surface area (Å²) < 4.78 is 13.9. The zero-order valence-electron chi connectivity index (χ0n) is 10.6. The Labute approximate surface area is 119 Å². The highest BCUT2D eigenvalue weighted by Crippen LogP contribution is 2.20. The largest absolute Gasteiger partial charge is 0.322 e. The molecule has 0 spiro atoms. The first-order chi connectivity index (χ1) is 8.97. The molecule has 0 saturated carbocycles. The summed E-state index contributed by atoms with van der Waals surface area (Å²) in [5, 5.41) is 2.80. The lowest BCUT2D eigenvalue weighted by atomic mass is 10.1. The fourth-order valence-electron chi connectivity index (χ4n) is 1.80. The molecule has 1 amide bonds. The number of benzene rings is 2. The van der Waals surface area contributed by atoms with E-state index in [1.54, 1.807) is 19.1 Å². The van der Waals surface area contributed by atoms with Gasteiger partial charge in [0.05, 0.1) is 0 Å². The van der Waals surface area contributed by atoms with Crippen LogP contribution in [-0.2, 0) is 0 Å². The molecule has 0 aromatic heterocycles. The Balaban J connectivity index is 2.28. The molecule has 0 aliphatic heterocycles. The molecule has 0 unspecified atom stereocenters. The fourth-order valence-corrected chi connectivity index (χ4v) is 2.16. The molecule has 2 aromatic rings. The van der Waals surface area contributed by atoms with Crippen LogP contribution in [0.15, 0.2) is 40.9 Å². The second-order valence-electron chi connectivity index (χ2n) is 4.37. The van der Waals surface area contributed by atoms with Crippen LogP contribution in [-0.4, -0.2) is 5.91 Å². The Bertz CT molecular complexity index is 640. The molecular weight excluding hydrogens is 309 g/mol. The molecule has 0 heterocycles. The van der Waals surface area contributed by atoms with Crippen molar-refractivity contribution in [2.45, 2.75) is 13.8 Å². The van der Waals surface area contributed by atoms with Crippen LogP contribution in [0, 0.1) is 19.7 Å². The van der Waals surface area contributed by atoms with E-state index >= 15 is 0 Å². The Morgan fingerprint density at radius 3 is 2.53 bits per heavy atom. The van der Waals surface area contributed by atoms with E-state index in [0.29, 0.717) is 16.8 Å². The van der Waals surface area contributed by atoms with Gasteiger partial charge in [0.25, 0.3) is 5.91 Å². The van der Waals surface area contributed by atoms with Crippen LogP contribution < -0.4 is 5.32 Å². The number of aryl methyl sites for hydroxylation is 2. The molecule has 4 heteroatoms. The predicted octanol–water partition coefficient (Wildman–Crippen LogP) is 4.46. The first-order valence-electron chi connectivity index (χ1n) is 5.81. The first-order valence-corrected chi connectivity index (χ1v) is 6.60. The number of carbonyl (C=O) groups is 1. The zero-order valence-corrected chi connectivity index (χ0v) is 12.2. The van der Waals surface area contributed by atoms with Crippen molar-refractivity contribution in [1.82, 2.24) is 0 Å². The van der Waals surface area contributed by atoms with Crippen LogP contribution in [0.5, 0.6) is 0 Å². The van der Waals surface area contributed by atoms with E-state index in [2.05, 4.69) is 21.2 Å². The molecule has 0 aliphatic rings. The van der Waals surface area contributed by atoms with Gasteiger partial charge in [0.2, 0.25) is 0 Å². The number of hydrogen-bond donors (Lipinski definition) is 1. The second-order valence-corrected chi connectivity index (χ2v) is 5.29. The molecule has 2 nitrogen and oxygen atoms in total. The van der Waals surface area contributed by atoms with E-state index in [1.165, 1.54) is 12.1 Å². The molecule has 0 bridgehead atoms. The number of rotatable bonds is 2. The van der Waals surface area contributed by atoms with Gasteiger partial charge in [-0.1, -0.05) is 22.0 Å². The SMILES string of the molecule is Cc1cc(F)ccc1NC(=O)c1cc(Br)ccc1C. The summed E-state index contributed by atoms with van der Waals surface area (Å²) in [5.41, 5.74) is 2.80. The third-order valence-electron chi connectivity index (χ3n) is 2.88. The van der Waals surface area contributed by atoms with Gasteiger partial charge in [0, 0.05) is 15.7 Å². The minimum absolute atomic E-state index is 0.200. The van der Waals surface area contributed by atoms with Gasteiger partial charge in [-0.25, -0.2) is 4.39 Å². The zero-order chi connectivity index (χ0) is 14.0. The monoisotopic (exact) mass is 321 g/mol. The third kappa shape index (κ3) is 3.20. The lowest BCUT2D eigenvalue weighted by molar-refractivity contribution is 0.102. The van der Waals surface area contributed by atoms with Crippen LogP contribution >= 0.6 is 15.9 Å². The predicted molar refractivity (Wildman–Crippen MR) is 78.0 cm³/mol. The van der Waals surface area contributed by atoms with Crippen molar-refractivity contribution in [1.29, 1.82) is 0 Å². The molecule has 19 heavy (non-hydrogen) atoms. The molecule has 2 rings (SSSR count). The standard InChI is InChI=1S/C15H13BrFNO/c1-9-3-4-11(16)8-13(9)15(19)18-14-6-5-12(17)7-10(14)2/h3-8H,1-2H3,(H,18,19). The topological polar surface area (TPSA) is 29.1 Å². The number of halogens is 2. The molecule has 2 aromatic carbocycles. The lowest BCUT2D eigenvalue weighted by Gasteiger charge is -2.10. The summed E-state index contributed by atoms with van der Waals surface area (Å²) in [6, 6.07) is 9.81. The maximum absolute atomic E-state index is 13.0. The molecule has 0 atom stereocenters. The van der Waals surface area contributed by atoms with Crippen molar-refractivity contribution in [3.05, 3.63) is 63.4 Å². The summed E-state index contributed by atoms with van der Waals surface area (Å²) in [6.45, 7) is 3.63. The average Bonchev–Trinajstić information content (AvgIpc) is 2.35. The summed E-state index contributed by atoms with van der Waals surface area (Å²) in [5.74, 6) is -0.511. The highest BCUT2D eigenvalue weighted by atomic mass is 79.9. The van der Waals surface area contributed by atoms with Crippen LogP contribution in [0.25, 0.3) is 0 Å². The van der Waals surface area contributed by atoms with E-state index in [-0.39, 0.29) is 11.7 Å². The van der Waals surface area contributed by atoms with Crippen LogP contribution in [0.3, 0.4) is 0 Å². The minimum atomic E-state index is -0.311. The number of amides is 1. The second kappa shape index (κ2) is 5.53. The number of carbonyl (C=O) groups excluding carboxylic acids is 1. The van der Waals surface area contributed by atoms with E-state index < -0.39 is 0 Å². The molecular formula is C15H13BrFNO. The lowest BCUT2D eigenvalue weighted by Crippen LogP contribution is -2.14. The minimum Gasteiger partial charge on any atom is -0.322 e. The van der Waals surface area contributed by atoms with Gasteiger partial charge in [-0.3, -0.25) is 4.79 Å². The van der Waals surface area contributed by atoms with Crippen molar-refractivity contribution >= 4 is 27.5 Å². The highest BCUT2D eigenvalue weighted by Gasteiger charge is 2.11. The van der Waals surface area contributed by atoms with Crippen LogP contribution in [0.4, 0.5) is 10.1 Å². The third-order valence-corrected chi connectivity index (χ3v) is 3.37. The molecule has 0 radical (unpaired) electrons. The summed E-state index contributed by atoms with van der Waals surface area (Å²) in [7, 11) is 0. The van der Waals surface area contributed by atoms with Gasteiger partial charge in [-0.2, -0.15) is 0 Å². The van der Waals surface area contributed by atoms with Gasteiger partial charge in [0.15, 0.2) is 0 Å². The Morgan fingerprint density at radius 1 is 1.11 bits per heavy atom. The first kappa shape index (κ1) is 13.7. The van der Waals surface area contributed by atoms with Gasteiger partial charge >= 0.3 is 0 Å². The Hall–Kier alpha value is -1.68. The van der Waals surface area contributed by atoms with Crippen molar-refractivity contribution < 1.29 is 9.18 Å². The average molecular weight is 322 g/mol. The molecule has 0 saturated heterocycles. The Kier molecular flexibility index (Phi) is 4.00. The van der Waals surface area contributed by atoms with Crippen molar-refractivity contribution in [2.75, 3.05) is 5.32 Å². The van der Waals surface area contributed by atoms with Gasteiger partial charge in [0.1, 0.15) is 5.82 Å². The normalized spacial score (nSPS) is 10.3. The van der Waals surface area contributed by atoms with Crippen molar-refractivity contribution in [3.63, 3.8) is 0 Å². The van der Waals surface area contributed by atoms with Gasteiger partial charge in [-0.05, 0) is 55.3 Å². The number of hydrogen-bond acceptors (Lipinski definition) is 1. The quantitative estimate of drug-likeness (QED) is 0.869. The van der Waals surface area contributed by atoms with Crippen molar-refractivity contribution in [2.24, 2.45) is 0 Å². The molecule has 0 aliphatic carbocycles. The maximum Gasteiger partial charge on any atom is 0.255 e. The number of anilines is 1. The number of nitrogens with one attached hydrogen (secondary N) is 1. The summed E-state index contributed by atoms with van der Waals surface area (Å²) >= 11 is 3.34. The molecule has 1 N–H and O–H groups in total. The smallest absolute Gasteiger partial charge is 0.255 e. The van der Waals surface area contributed by atoms with E-state index in [9.17, 15) is 9.18 Å². The van der Waals surface area contributed by atoms with Crippen molar-refractivity contribution in [3.8, 4) is 0 Å². The maximum atomic E-state index is 13.0. The van der Waals surface area contributed by atoms with Crippen LogP contribution in [0.1, 0.15) is 21.5 Å². The molecule has 0 fully saturated rings. The van der Waals surface area contributed by atoms with Gasteiger partial charge < -0.3 is 5.32 Å². The van der Waals surface area contributed by atoms with Gasteiger partial charge in [-0.15, -0.1) is 0 Å². The Morgan fingerprint density at radius 2 is 1.84 bits per heavy atom. The van der Waals surface area contributed by atoms with E-state index in [0.717, 1.165) is 10.0 Å².